The molecule has 28 heavy (non-hydrogen) atoms. The number of nitrogens with zero attached hydrogens (tertiary/aromatic N) is 2. The van der Waals surface area contributed by atoms with Crippen LogP contribution < -0.4 is 10.2 Å². The smallest absolute Gasteiger partial charge is 0.256 e. The van der Waals surface area contributed by atoms with Crippen molar-refractivity contribution in [3.63, 3.8) is 0 Å². The molecule has 1 atom stereocenters. The minimum Gasteiger partial charge on any atom is -0.327 e. The van der Waals surface area contributed by atoms with Crippen LogP contribution in [0, 0.1) is 0 Å². The van der Waals surface area contributed by atoms with Gasteiger partial charge >= 0.3 is 0 Å². The number of carbonyl (C=O) groups excluding carboxylic acids is 3. The minimum absolute atomic E-state index is 0.135. The molecule has 2 heterocycles. The van der Waals surface area contributed by atoms with E-state index in [1.807, 2.05) is 12.1 Å². The Morgan fingerprint density at radius 1 is 1.07 bits per heavy atom. The highest BCUT2D eigenvalue weighted by molar-refractivity contribution is 9.10. The number of nitrogens with one attached hydrogen (secondary N) is 1. The maximum absolute atomic E-state index is 13.3. The van der Waals surface area contributed by atoms with Crippen LogP contribution in [0.2, 0.25) is 0 Å². The largest absolute Gasteiger partial charge is 0.327 e. The molecular weight excluding hydrogens is 422 g/mol. The fourth-order valence-corrected chi connectivity index (χ4v) is 4.08. The minimum atomic E-state index is -0.505. The number of piperidine rings is 1. The van der Waals surface area contributed by atoms with Crippen LogP contribution in [0.25, 0.3) is 0 Å². The SMILES string of the molecule is O=C(CN1C(=O)[C@@H]2CCCCN2C(=O)c2ccccc21)Nc1ccc(Br)cc1. The van der Waals surface area contributed by atoms with E-state index in [0.717, 1.165) is 17.3 Å². The molecule has 6 nitrogen and oxygen atoms in total. The van der Waals surface area contributed by atoms with E-state index >= 15 is 0 Å². The van der Waals surface area contributed by atoms with Crippen molar-refractivity contribution in [1.29, 1.82) is 0 Å². The zero-order valence-corrected chi connectivity index (χ0v) is 16.8. The zero-order chi connectivity index (χ0) is 19.7. The molecule has 4 rings (SSSR count). The maximum Gasteiger partial charge on any atom is 0.256 e. The van der Waals surface area contributed by atoms with Gasteiger partial charge in [-0.25, -0.2) is 0 Å². The molecule has 0 saturated carbocycles. The Morgan fingerprint density at radius 3 is 2.61 bits per heavy atom. The van der Waals surface area contributed by atoms with Gasteiger partial charge in [-0.15, -0.1) is 0 Å². The summed E-state index contributed by atoms with van der Waals surface area (Å²) in [4.78, 5) is 42.1. The van der Waals surface area contributed by atoms with Gasteiger partial charge in [0.05, 0.1) is 11.3 Å². The lowest BCUT2D eigenvalue weighted by Crippen LogP contribution is -2.52. The summed E-state index contributed by atoms with van der Waals surface area (Å²) in [5.74, 6) is -0.629. The molecule has 0 bridgehead atoms. The standard InChI is InChI=1S/C21H20BrN3O3/c22-14-8-10-15(11-9-14)23-19(26)13-25-17-6-2-1-5-16(17)20(27)24-12-4-3-7-18(24)21(25)28/h1-2,5-6,8-11,18H,3-4,7,12-13H2,(H,23,26)/t18-/m0/s1. The van der Waals surface area contributed by atoms with E-state index in [1.165, 1.54) is 4.90 Å². The van der Waals surface area contributed by atoms with Crippen molar-refractivity contribution < 1.29 is 14.4 Å². The van der Waals surface area contributed by atoms with Crippen molar-refractivity contribution in [2.75, 3.05) is 23.3 Å². The molecule has 2 aliphatic heterocycles. The fourth-order valence-electron chi connectivity index (χ4n) is 3.81. The van der Waals surface area contributed by atoms with Gasteiger partial charge in [0.2, 0.25) is 11.8 Å². The molecule has 0 unspecified atom stereocenters. The number of halogens is 1. The van der Waals surface area contributed by atoms with Crippen LogP contribution in [-0.2, 0) is 9.59 Å². The second-order valence-corrected chi connectivity index (χ2v) is 7.92. The van der Waals surface area contributed by atoms with E-state index in [2.05, 4.69) is 21.2 Å². The van der Waals surface area contributed by atoms with Gasteiger partial charge in [-0.2, -0.15) is 0 Å². The second kappa shape index (κ2) is 7.75. The van der Waals surface area contributed by atoms with Gasteiger partial charge in [0.1, 0.15) is 12.6 Å². The summed E-state index contributed by atoms with van der Waals surface area (Å²) < 4.78 is 0.915. The first kappa shape index (κ1) is 18.7. The zero-order valence-electron chi connectivity index (χ0n) is 15.2. The summed E-state index contributed by atoms with van der Waals surface area (Å²) >= 11 is 3.36. The lowest BCUT2D eigenvalue weighted by Gasteiger charge is -2.34. The topological polar surface area (TPSA) is 69.7 Å². The lowest BCUT2D eigenvalue weighted by molar-refractivity contribution is -0.125. The van der Waals surface area contributed by atoms with Gasteiger partial charge in [0, 0.05) is 16.7 Å². The number of rotatable bonds is 3. The molecule has 7 heteroatoms. The third kappa shape index (κ3) is 3.54. The van der Waals surface area contributed by atoms with Crippen LogP contribution in [0.5, 0.6) is 0 Å². The predicted molar refractivity (Wildman–Crippen MR) is 110 cm³/mol. The molecule has 2 aromatic rings. The molecule has 2 aliphatic rings. The van der Waals surface area contributed by atoms with Crippen LogP contribution in [0.3, 0.4) is 0 Å². The molecule has 0 aliphatic carbocycles. The summed E-state index contributed by atoms with van der Waals surface area (Å²) in [6.45, 7) is 0.437. The van der Waals surface area contributed by atoms with E-state index in [9.17, 15) is 14.4 Å². The van der Waals surface area contributed by atoms with Crippen LogP contribution in [0.15, 0.2) is 53.0 Å². The van der Waals surface area contributed by atoms with Crippen molar-refractivity contribution >= 4 is 45.0 Å². The molecule has 0 radical (unpaired) electrons. The van der Waals surface area contributed by atoms with E-state index in [4.69, 9.17) is 0 Å². The highest BCUT2D eigenvalue weighted by Crippen LogP contribution is 2.31. The van der Waals surface area contributed by atoms with E-state index < -0.39 is 6.04 Å². The molecule has 0 aromatic heterocycles. The molecule has 144 valence electrons. The Hall–Kier alpha value is -2.67. The third-order valence-corrected chi connectivity index (χ3v) is 5.70. The van der Waals surface area contributed by atoms with Crippen LogP contribution >= 0.6 is 15.9 Å². The van der Waals surface area contributed by atoms with Gasteiger partial charge in [-0.3, -0.25) is 14.4 Å². The number of fused-ring (bicyclic) bond motifs is 2. The molecule has 1 saturated heterocycles. The first-order chi connectivity index (χ1) is 13.5. The highest BCUT2D eigenvalue weighted by Gasteiger charge is 2.40. The summed E-state index contributed by atoms with van der Waals surface area (Å²) in [6, 6.07) is 13.8. The van der Waals surface area contributed by atoms with Crippen molar-refractivity contribution in [3.05, 3.63) is 58.6 Å². The summed E-state index contributed by atoms with van der Waals surface area (Å²) in [5, 5.41) is 2.82. The van der Waals surface area contributed by atoms with Gasteiger partial charge in [0.15, 0.2) is 0 Å². The normalized spacial score (nSPS) is 19.0. The molecule has 3 amide bonds. The molecule has 1 N–H and O–H groups in total. The number of hydrogen-bond acceptors (Lipinski definition) is 3. The van der Waals surface area contributed by atoms with Crippen molar-refractivity contribution in [1.82, 2.24) is 4.90 Å². The predicted octanol–water partition coefficient (Wildman–Crippen LogP) is 3.43. The van der Waals surface area contributed by atoms with Crippen molar-refractivity contribution in [2.45, 2.75) is 25.3 Å². The Morgan fingerprint density at radius 2 is 1.82 bits per heavy atom. The number of benzene rings is 2. The number of anilines is 2. The van der Waals surface area contributed by atoms with E-state index in [-0.39, 0.29) is 24.3 Å². The summed E-state index contributed by atoms with van der Waals surface area (Å²) in [7, 11) is 0. The quantitative estimate of drug-likeness (QED) is 0.792. The average molecular weight is 442 g/mol. The Bertz CT molecular complexity index is 929. The van der Waals surface area contributed by atoms with Gasteiger partial charge in [-0.1, -0.05) is 28.1 Å². The van der Waals surface area contributed by atoms with E-state index in [0.29, 0.717) is 29.9 Å². The lowest BCUT2D eigenvalue weighted by atomic mass is 10.0. The number of para-hydroxylation sites is 1. The molecule has 2 aromatic carbocycles. The maximum atomic E-state index is 13.3. The second-order valence-electron chi connectivity index (χ2n) is 7.01. The Balaban J connectivity index is 1.63. The third-order valence-electron chi connectivity index (χ3n) is 5.17. The van der Waals surface area contributed by atoms with Gasteiger partial charge in [0.25, 0.3) is 5.91 Å². The molecule has 0 spiro atoms. The van der Waals surface area contributed by atoms with Crippen LogP contribution in [0.1, 0.15) is 29.6 Å². The van der Waals surface area contributed by atoms with Gasteiger partial charge in [-0.05, 0) is 55.7 Å². The van der Waals surface area contributed by atoms with Crippen molar-refractivity contribution in [3.8, 4) is 0 Å². The monoisotopic (exact) mass is 441 g/mol. The summed E-state index contributed by atoms with van der Waals surface area (Å²) in [6.07, 6.45) is 2.42. The Kier molecular flexibility index (Phi) is 5.17. The molecule has 1 fully saturated rings. The summed E-state index contributed by atoms with van der Waals surface area (Å²) in [5.41, 5.74) is 1.62. The number of hydrogen-bond donors (Lipinski definition) is 1. The number of carbonyl (C=O) groups is 3. The van der Waals surface area contributed by atoms with Gasteiger partial charge < -0.3 is 15.1 Å². The fraction of sp³-hybridized carbons (Fsp3) is 0.286. The number of amides is 3. The molecular formula is C21H20BrN3O3. The highest BCUT2D eigenvalue weighted by atomic mass is 79.9. The average Bonchev–Trinajstić information content (AvgIpc) is 2.80. The van der Waals surface area contributed by atoms with Crippen LogP contribution in [-0.4, -0.2) is 41.8 Å². The first-order valence-corrected chi connectivity index (χ1v) is 10.1. The van der Waals surface area contributed by atoms with Crippen LogP contribution in [0.4, 0.5) is 11.4 Å². The van der Waals surface area contributed by atoms with E-state index in [1.54, 1.807) is 41.3 Å². The first-order valence-electron chi connectivity index (χ1n) is 9.31. The van der Waals surface area contributed by atoms with Crippen molar-refractivity contribution in [2.24, 2.45) is 0 Å². The Labute approximate surface area is 171 Å².